The predicted molar refractivity (Wildman–Crippen MR) is 131 cm³/mol. The second kappa shape index (κ2) is 11.0. The number of carbonyl (C=O) groups is 2. The van der Waals surface area contributed by atoms with Crippen molar-refractivity contribution in [3.63, 3.8) is 0 Å². The number of esters is 1. The van der Waals surface area contributed by atoms with E-state index in [0.29, 0.717) is 58.2 Å². The van der Waals surface area contributed by atoms with Gasteiger partial charge in [-0.1, -0.05) is 6.07 Å². The Morgan fingerprint density at radius 3 is 2.46 bits per heavy atom. The third kappa shape index (κ3) is 5.75. The van der Waals surface area contributed by atoms with Crippen molar-refractivity contribution in [2.24, 2.45) is 0 Å². The number of benzene rings is 2. The van der Waals surface area contributed by atoms with Crippen molar-refractivity contribution in [1.82, 2.24) is 9.80 Å². The molecule has 2 aromatic carbocycles. The maximum atomic E-state index is 12.6. The summed E-state index contributed by atoms with van der Waals surface area (Å²) < 4.78 is 21.3. The number of anilines is 1. The molecule has 12 nitrogen and oxygen atoms in total. The number of nitro groups is 1. The highest BCUT2D eigenvalue weighted by atomic mass is 16.7. The molecule has 0 radical (unpaired) electrons. The van der Waals surface area contributed by atoms with Gasteiger partial charge in [0.1, 0.15) is 5.69 Å². The first-order chi connectivity index (χ1) is 18.0. The molecule has 0 aromatic heterocycles. The maximum Gasteiger partial charge on any atom is 0.338 e. The molecular formula is C25H28N4O8. The number of hydrogen-bond donors (Lipinski definition) is 0. The van der Waals surface area contributed by atoms with E-state index in [1.54, 1.807) is 11.0 Å². The van der Waals surface area contributed by atoms with Gasteiger partial charge in [0.2, 0.25) is 6.79 Å². The quantitative estimate of drug-likeness (QED) is 0.307. The van der Waals surface area contributed by atoms with E-state index in [2.05, 4.69) is 4.90 Å². The highest BCUT2D eigenvalue weighted by molar-refractivity contribution is 5.93. The molecule has 5 rings (SSSR count). The Hall–Kier alpha value is -3.90. The summed E-state index contributed by atoms with van der Waals surface area (Å²) in [4.78, 5) is 42.0. The van der Waals surface area contributed by atoms with E-state index < -0.39 is 17.5 Å². The Kier molecular flexibility index (Phi) is 7.37. The summed E-state index contributed by atoms with van der Waals surface area (Å²) >= 11 is 0. The number of morpholine rings is 1. The molecule has 37 heavy (non-hydrogen) atoms. The van der Waals surface area contributed by atoms with Crippen molar-refractivity contribution in [1.29, 1.82) is 0 Å². The van der Waals surface area contributed by atoms with Gasteiger partial charge >= 0.3 is 5.97 Å². The summed E-state index contributed by atoms with van der Waals surface area (Å²) in [6, 6.07) is 10.1. The molecule has 12 heteroatoms. The van der Waals surface area contributed by atoms with Crippen LogP contribution in [0, 0.1) is 10.1 Å². The van der Waals surface area contributed by atoms with Gasteiger partial charge in [-0.3, -0.25) is 19.8 Å². The van der Waals surface area contributed by atoms with Gasteiger partial charge in [0.25, 0.3) is 11.6 Å². The van der Waals surface area contributed by atoms with Crippen molar-refractivity contribution in [2.75, 3.05) is 70.8 Å². The summed E-state index contributed by atoms with van der Waals surface area (Å²) in [5.41, 5.74) is 1.39. The van der Waals surface area contributed by atoms with Crippen molar-refractivity contribution >= 4 is 23.3 Å². The fraction of sp³-hybridized carbons (Fsp3) is 0.440. The third-order valence-corrected chi connectivity index (χ3v) is 6.65. The molecule has 0 saturated carbocycles. The summed E-state index contributed by atoms with van der Waals surface area (Å²) in [7, 11) is 0. The van der Waals surface area contributed by atoms with Gasteiger partial charge in [0.05, 0.1) is 23.7 Å². The number of rotatable bonds is 7. The Morgan fingerprint density at radius 2 is 1.70 bits per heavy atom. The smallest absolute Gasteiger partial charge is 0.338 e. The summed E-state index contributed by atoms with van der Waals surface area (Å²) in [6.45, 7) is 4.97. The third-order valence-electron chi connectivity index (χ3n) is 6.65. The van der Waals surface area contributed by atoms with Crippen LogP contribution in [0.1, 0.15) is 15.9 Å². The van der Waals surface area contributed by atoms with E-state index in [1.165, 1.54) is 12.1 Å². The highest BCUT2D eigenvalue weighted by Crippen LogP contribution is 2.33. The Balaban J connectivity index is 1.11. The van der Waals surface area contributed by atoms with Crippen LogP contribution < -0.4 is 14.4 Å². The Morgan fingerprint density at radius 1 is 0.946 bits per heavy atom. The molecule has 2 saturated heterocycles. The fourth-order valence-electron chi connectivity index (χ4n) is 4.62. The first-order valence-corrected chi connectivity index (χ1v) is 12.1. The summed E-state index contributed by atoms with van der Waals surface area (Å²) in [5.74, 6) is 0.424. The average molecular weight is 513 g/mol. The molecule has 3 aliphatic rings. The fourth-order valence-corrected chi connectivity index (χ4v) is 4.62. The van der Waals surface area contributed by atoms with E-state index in [4.69, 9.17) is 18.9 Å². The van der Waals surface area contributed by atoms with Gasteiger partial charge in [0.15, 0.2) is 18.1 Å². The molecular weight excluding hydrogens is 484 g/mol. The van der Waals surface area contributed by atoms with Crippen molar-refractivity contribution in [3.8, 4) is 11.5 Å². The molecule has 0 bridgehead atoms. The predicted octanol–water partition coefficient (Wildman–Crippen LogP) is 1.66. The van der Waals surface area contributed by atoms with Gasteiger partial charge < -0.3 is 28.7 Å². The molecule has 3 heterocycles. The molecule has 0 atom stereocenters. The van der Waals surface area contributed by atoms with Crippen LogP contribution in [-0.2, 0) is 20.8 Å². The summed E-state index contributed by atoms with van der Waals surface area (Å²) in [6.07, 6.45) is 0. The monoisotopic (exact) mass is 512 g/mol. The van der Waals surface area contributed by atoms with Gasteiger partial charge in [-0.15, -0.1) is 0 Å². The van der Waals surface area contributed by atoms with Gasteiger partial charge in [-0.25, -0.2) is 4.79 Å². The summed E-state index contributed by atoms with van der Waals surface area (Å²) in [5, 5.41) is 11.6. The highest BCUT2D eigenvalue weighted by Gasteiger charge is 2.26. The molecule has 3 aliphatic heterocycles. The minimum atomic E-state index is -0.772. The van der Waals surface area contributed by atoms with Gasteiger partial charge in [-0.2, -0.15) is 0 Å². The lowest BCUT2D eigenvalue weighted by molar-refractivity contribution is -0.384. The minimum absolute atomic E-state index is 0.0325. The molecule has 0 N–H and O–H groups in total. The van der Waals surface area contributed by atoms with Crippen molar-refractivity contribution in [3.05, 3.63) is 57.6 Å². The minimum Gasteiger partial charge on any atom is -0.454 e. The second-order valence-electron chi connectivity index (χ2n) is 8.98. The zero-order valence-corrected chi connectivity index (χ0v) is 20.3. The normalized spacial score (nSPS) is 17.5. The Labute approximate surface area is 213 Å². The standard InChI is InChI=1S/C25H28N4O8/c30-24(28-7-5-26(6-8-28)15-18-1-4-22-23(13-18)37-17-36-22)16-35-25(31)19-2-3-20(21(14-19)29(32)33)27-9-11-34-12-10-27/h1-4,13-14H,5-12,15-17H2. The van der Waals surface area contributed by atoms with Gasteiger partial charge in [-0.05, 0) is 29.8 Å². The van der Waals surface area contributed by atoms with Crippen LogP contribution in [0.3, 0.4) is 0 Å². The van der Waals surface area contributed by atoms with E-state index in [1.807, 2.05) is 23.1 Å². The number of ether oxygens (including phenoxy) is 4. The van der Waals surface area contributed by atoms with Crippen LogP contribution in [0.4, 0.5) is 11.4 Å². The molecule has 0 spiro atoms. The van der Waals surface area contributed by atoms with Crippen LogP contribution in [-0.4, -0.2) is 92.5 Å². The van der Waals surface area contributed by atoms with Crippen molar-refractivity contribution < 1.29 is 33.5 Å². The maximum absolute atomic E-state index is 12.6. The molecule has 2 fully saturated rings. The van der Waals surface area contributed by atoms with Crippen LogP contribution in [0.2, 0.25) is 0 Å². The van der Waals surface area contributed by atoms with Crippen LogP contribution in [0.25, 0.3) is 0 Å². The number of nitro benzene ring substituents is 1. The molecule has 2 aromatic rings. The second-order valence-corrected chi connectivity index (χ2v) is 8.98. The van der Waals surface area contributed by atoms with Gasteiger partial charge in [0, 0.05) is 51.9 Å². The van der Waals surface area contributed by atoms with Crippen molar-refractivity contribution in [2.45, 2.75) is 6.54 Å². The number of fused-ring (bicyclic) bond motifs is 1. The first kappa shape index (κ1) is 24.8. The number of amides is 1. The van der Waals surface area contributed by atoms with E-state index in [9.17, 15) is 19.7 Å². The number of piperazine rings is 1. The topological polar surface area (TPSA) is 124 Å². The zero-order chi connectivity index (χ0) is 25.8. The lowest BCUT2D eigenvalue weighted by Gasteiger charge is -2.34. The molecule has 1 amide bonds. The van der Waals surface area contributed by atoms with E-state index in [-0.39, 0.29) is 24.0 Å². The van der Waals surface area contributed by atoms with E-state index in [0.717, 1.165) is 23.6 Å². The lowest BCUT2D eigenvalue weighted by atomic mass is 10.1. The van der Waals surface area contributed by atoms with E-state index >= 15 is 0 Å². The zero-order valence-electron chi connectivity index (χ0n) is 20.3. The number of nitrogens with zero attached hydrogens (tertiary/aromatic N) is 4. The number of carbonyl (C=O) groups excluding carboxylic acids is 2. The largest absolute Gasteiger partial charge is 0.454 e. The first-order valence-electron chi connectivity index (χ1n) is 12.1. The molecule has 0 aliphatic carbocycles. The Bertz CT molecular complexity index is 1180. The molecule has 0 unspecified atom stereocenters. The SMILES string of the molecule is O=C(OCC(=O)N1CCN(Cc2ccc3c(c2)OCO3)CC1)c1ccc(N2CCOCC2)c([N+](=O)[O-])c1. The average Bonchev–Trinajstić information content (AvgIpc) is 3.40. The van der Waals surface area contributed by atoms with Crippen LogP contribution >= 0.6 is 0 Å². The molecule has 196 valence electrons. The number of hydrogen-bond acceptors (Lipinski definition) is 10. The lowest BCUT2D eigenvalue weighted by Crippen LogP contribution is -2.49. The van der Waals surface area contributed by atoms with Crippen LogP contribution in [0.5, 0.6) is 11.5 Å². The van der Waals surface area contributed by atoms with Crippen LogP contribution in [0.15, 0.2) is 36.4 Å².